The van der Waals surface area contributed by atoms with Crippen molar-refractivity contribution in [1.29, 1.82) is 0 Å². The van der Waals surface area contributed by atoms with Crippen LogP contribution in [0, 0.1) is 23.2 Å². The summed E-state index contributed by atoms with van der Waals surface area (Å²) in [6, 6.07) is 3.92. The summed E-state index contributed by atoms with van der Waals surface area (Å²) in [7, 11) is 0. The zero-order chi connectivity index (χ0) is 75.5. The number of carboxylic acid groups (broad SMARTS) is 5. The van der Waals surface area contributed by atoms with Gasteiger partial charge in [0, 0.05) is 96.1 Å². The van der Waals surface area contributed by atoms with Crippen LogP contribution in [-0.4, -0.2) is 216 Å². The van der Waals surface area contributed by atoms with Crippen LogP contribution in [-0.2, 0) is 87.7 Å². The van der Waals surface area contributed by atoms with Gasteiger partial charge < -0.3 is 80.8 Å². The Bertz CT molecular complexity index is 2910. The van der Waals surface area contributed by atoms with Gasteiger partial charge in [-0.3, -0.25) is 62.3 Å². The number of unbranched alkanes of at least 4 members (excludes halogenated alkanes) is 7. The standard InChI is InChI=1S/C71H109N7O24/c1-4-15-49(21-27-59(81)58(26-30-65(88)89)78-70(97)71(2,3)69(96)75-33-31-53-44-72-48-77-53)61(83)45-76-57(60(82)43-52(68(94)95)23-29-64(86)87)18-11-12-32-73-63(85)47-101-41-38-98-35-14-17-55(80)46-100-40-39-99-37-34-74-62(84)28-22-51(67(92)93)42-54(79)16-10-8-6-5-7-9-13-36-102-56-24-19-50(20-25-56)66(90)91/h19-20,24-25,44,48-49,51-52,57-58,76H,4-18,21-23,26-43,45-47H2,1-3H3,(H,72,77)(H,73,85)(H,74,84)(H,75,96)(H,78,97)(H,86,87)(H,88,89)(H,90,91)(H,92,93)(H,94,95)/t49-,51-,52-,57+,58+/m1/s1. The first-order valence-corrected chi connectivity index (χ1v) is 35.3. The quantitative estimate of drug-likeness (QED) is 0.0291. The number of nitrogens with one attached hydrogen (secondary N) is 6. The Balaban J connectivity index is 1.63. The summed E-state index contributed by atoms with van der Waals surface area (Å²) in [5.41, 5.74) is -0.775. The molecule has 2 aromatic rings. The molecular formula is C71H109N7O24. The molecule has 1 aromatic heterocycles. The summed E-state index contributed by atoms with van der Waals surface area (Å²) in [4.78, 5) is 182. The number of carboxylic acids is 5. The van der Waals surface area contributed by atoms with Gasteiger partial charge in [-0.2, -0.15) is 0 Å². The maximum atomic E-state index is 13.8. The number of nitrogens with zero attached hydrogens (tertiary/aromatic N) is 1. The summed E-state index contributed by atoms with van der Waals surface area (Å²) >= 11 is 0. The van der Waals surface area contributed by atoms with Crippen LogP contribution in [0.25, 0.3) is 0 Å². The average molecular weight is 1440 g/mol. The number of Topliss-reactive ketones (excluding diaryl/α,β-unsaturated/α-hetero) is 5. The molecule has 0 bridgehead atoms. The molecule has 0 aliphatic heterocycles. The van der Waals surface area contributed by atoms with Crippen LogP contribution in [0.1, 0.15) is 197 Å². The third kappa shape index (κ3) is 42.1. The van der Waals surface area contributed by atoms with E-state index in [1.54, 1.807) is 18.3 Å². The maximum absolute atomic E-state index is 13.8. The van der Waals surface area contributed by atoms with Crippen LogP contribution in [0.2, 0.25) is 0 Å². The number of aromatic amines is 1. The molecule has 2 rings (SSSR count). The highest BCUT2D eigenvalue weighted by Crippen LogP contribution is 2.22. The fourth-order valence-corrected chi connectivity index (χ4v) is 10.5. The van der Waals surface area contributed by atoms with E-state index in [-0.39, 0.29) is 172 Å². The molecule has 572 valence electrons. The minimum absolute atomic E-state index is 0.00657. The van der Waals surface area contributed by atoms with E-state index in [1.807, 2.05) is 6.92 Å². The van der Waals surface area contributed by atoms with E-state index < -0.39 is 114 Å². The lowest BCUT2D eigenvalue weighted by Gasteiger charge is -2.26. The number of benzene rings is 1. The van der Waals surface area contributed by atoms with Crippen molar-refractivity contribution in [2.75, 3.05) is 85.6 Å². The Hall–Kier alpha value is -8.39. The van der Waals surface area contributed by atoms with Crippen molar-refractivity contribution in [2.24, 2.45) is 23.2 Å². The summed E-state index contributed by atoms with van der Waals surface area (Å²) in [5, 5.41) is 60.6. The maximum Gasteiger partial charge on any atom is 0.335 e. The van der Waals surface area contributed by atoms with Gasteiger partial charge in [-0.05, 0) is 109 Å². The predicted molar refractivity (Wildman–Crippen MR) is 368 cm³/mol. The molecule has 0 unspecified atom stereocenters. The van der Waals surface area contributed by atoms with Crippen molar-refractivity contribution < 1.29 is 116 Å². The van der Waals surface area contributed by atoms with Crippen molar-refractivity contribution >= 4 is 82.4 Å². The number of H-pyrrole nitrogens is 1. The Morgan fingerprint density at radius 1 is 0.490 bits per heavy atom. The second-order valence-electron chi connectivity index (χ2n) is 25.6. The summed E-state index contributed by atoms with van der Waals surface area (Å²) in [6.07, 6.45) is 9.88. The van der Waals surface area contributed by atoms with Gasteiger partial charge >= 0.3 is 29.8 Å². The van der Waals surface area contributed by atoms with Crippen molar-refractivity contribution in [1.82, 2.24) is 36.6 Å². The van der Waals surface area contributed by atoms with Gasteiger partial charge in [0.15, 0.2) is 17.3 Å². The predicted octanol–water partition coefficient (Wildman–Crippen LogP) is 5.42. The SMILES string of the molecule is CCC[C@H](CCC(=O)[C@H](CCC(=O)O)NC(=O)C(C)(C)C(=O)NCCc1c[nH]cn1)C(=O)CN[C@@H](CCCCNC(=O)COCCOCCCC(=O)COCCOCCNC(=O)CC[C@H](CC(=O)CCCCCCCCCOc1ccc(C(=O)O)cc1)C(=O)O)C(=O)C[C@@H](CCC(=O)O)C(=O)O. The molecule has 0 spiro atoms. The van der Waals surface area contributed by atoms with Crippen LogP contribution in [0.15, 0.2) is 36.8 Å². The summed E-state index contributed by atoms with van der Waals surface area (Å²) in [5.74, 6) is -12.4. The number of aromatic nitrogens is 2. The minimum Gasteiger partial charge on any atom is -0.494 e. The van der Waals surface area contributed by atoms with Crippen LogP contribution in [0.3, 0.4) is 0 Å². The first-order chi connectivity index (χ1) is 48.7. The van der Waals surface area contributed by atoms with Crippen molar-refractivity contribution in [3.8, 4) is 5.75 Å². The van der Waals surface area contributed by atoms with E-state index in [4.69, 9.17) is 28.8 Å². The van der Waals surface area contributed by atoms with E-state index in [0.29, 0.717) is 63.0 Å². The lowest BCUT2D eigenvalue weighted by Crippen LogP contribution is -2.52. The minimum atomic E-state index is -1.66. The second kappa shape index (κ2) is 53.4. The third-order valence-electron chi connectivity index (χ3n) is 16.8. The summed E-state index contributed by atoms with van der Waals surface area (Å²) < 4.78 is 27.4. The molecular weight excluding hydrogens is 1330 g/mol. The zero-order valence-electron chi connectivity index (χ0n) is 59.4. The molecule has 31 heteroatoms. The third-order valence-corrected chi connectivity index (χ3v) is 16.8. The molecule has 5 atom stereocenters. The topological polar surface area (TPSA) is 475 Å². The molecule has 1 heterocycles. The normalized spacial score (nSPS) is 12.8. The molecule has 4 amide bonds. The lowest BCUT2D eigenvalue weighted by molar-refractivity contribution is -0.145. The molecule has 11 N–H and O–H groups in total. The van der Waals surface area contributed by atoms with Crippen LogP contribution >= 0.6 is 0 Å². The van der Waals surface area contributed by atoms with Gasteiger partial charge in [-0.25, -0.2) is 9.78 Å². The number of aliphatic carboxylic acids is 4. The Labute approximate surface area is 595 Å². The van der Waals surface area contributed by atoms with Crippen molar-refractivity contribution in [3.05, 3.63) is 48.0 Å². The molecule has 0 fully saturated rings. The zero-order valence-corrected chi connectivity index (χ0v) is 59.4. The molecule has 0 aliphatic rings. The highest BCUT2D eigenvalue weighted by atomic mass is 16.5. The Kier molecular flexibility index (Phi) is 47.0. The van der Waals surface area contributed by atoms with Crippen molar-refractivity contribution in [3.63, 3.8) is 0 Å². The average Bonchev–Trinajstić information content (AvgIpc) is 0.881. The Morgan fingerprint density at radius 3 is 1.74 bits per heavy atom. The number of amides is 4. The van der Waals surface area contributed by atoms with Gasteiger partial charge in [0.05, 0.1) is 87.7 Å². The van der Waals surface area contributed by atoms with Crippen LogP contribution < -0.4 is 31.3 Å². The number of ketones is 5. The number of aromatic carboxylic acids is 1. The largest absolute Gasteiger partial charge is 0.494 e. The molecule has 0 radical (unpaired) electrons. The molecule has 0 saturated heterocycles. The smallest absolute Gasteiger partial charge is 0.335 e. The van der Waals surface area contributed by atoms with Crippen molar-refractivity contribution in [2.45, 2.75) is 200 Å². The molecule has 0 saturated carbocycles. The van der Waals surface area contributed by atoms with E-state index in [2.05, 4.69) is 36.6 Å². The van der Waals surface area contributed by atoms with Gasteiger partial charge in [0.25, 0.3) is 0 Å². The molecule has 31 nitrogen and oxygen atoms in total. The number of imidazole rings is 1. The number of carbonyl (C=O) groups is 14. The van der Waals surface area contributed by atoms with E-state index in [1.165, 1.54) is 32.3 Å². The van der Waals surface area contributed by atoms with E-state index in [0.717, 1.165) is 38.5 Å². The monoisotopic (exact) mass is 1440 g/mol. The first kappa shape index (κ1) is 89.7. The molecule has 102 heavy (non-hydrogen) atoms. The van der Waals surface area contributed by atoms with E-state index in [9.17, 15) is 87.5 Å². The lowest BCUT2D eigenvalue weighted by atomic mass is 9.88. The highest BCUT2D eigenvalue weighted by Gasteiger charge is 2.38. The Morgan fingerprint density at radius 2 is 1.09 bits per heavy atom. The van der Waals surface area contributed by atoms with Gasteiger partial charge in [-0.15, -0.1) is 0 Å². The van der Waals surface area contributed by atoms with Gasteiger partial charge in [0.2, 0.25) is 23.6 Å². The molecule has 0 aliphatic carbocycles. The fraction of sp³-hybridized carbons (Fsp3) is 0.676. The highest BCUT2D eigenvalue weighted by molar-refractivity contribution is 6.05. The van der Waals surface area contributed by atoms with Gasteiger partial charge in [-0.1, -0.05) is 45.4 Å². The molecule has 1 aromatic carbocycles. The van der Waals surface area contributed by atoms with Gasteiger partial charge in [0.1, 0.15) is 35.9 Å². The fourth-order valence-electron chi connectivity index (χ4n) is 10.5. The van der Waals surface area contributed by atoms with Crippen LogP contribution in [0.5, 0.6) is 5.75 Å². The second-order valence-corrected chi connectivity index (χ2v) is 25.6. The number of hydrogen-bond donors (Lipinski definition) is 11. The number of carbonyl (C=O) groups excluding carboxylic acids is 9. The summed E-state index contributed by atoms with van der Waals surface area (Å²) in [6.45, 7) is 5.74. The number of rotatable bonds is 66. The van der Waals surface area contributed by atoms with Crippen LogP contribution in [0.4, 0.5) is 0 Å². The number of hydrogen-bond acceptors (Lipinski definition) is 21. The first-order valence-electron chi connectivity index (χ1n) is 35.3. The van der Waals surface area contributed by atoms with E-state index >= 15 is 0 Å². The number of ether oxygens (including phenoxy) is 5.